The number of benzene rings is 2. The summed E-state index contributed by atoms with van der Waals surface area (Å²) in [5.41, 5.74) is -2.88. The third-order valence-electron chi connectivity index (χ3n) is 4.28. The van der Waals surface area contributed by atoms with E-state index < -0.39 is 35.4 Å². The molecule has 0 radical (unpaired) electrons. The third-order valence-corrected chi connectivity index (χ3v) is 4.28. The Morgan fingerprint density at radius 1 is 0.857 bits per heavy atom. The summed E-state index contributed by atoms with van der Waals surface area (Å²) in [6, 6.07) is 11.8. The van der Waals surface area contributed by atoms with Gasteiger partial charge in [0.15, 0.2) is 0 Å². The van der Waals surface area contributed by atoms with E-state index in [-0.39, 0.29) is 11.1 Å². The lowest BCUT2D eigenvalue weighted by Gasteiger charge is -2.30. The second-order valence-corrected chi connectivity index (χ2v) is 6.13. The molecule has 28 heavy (non-hydrogen) atoms. The Kier molecular flexibility index (Phi) is 5.95. The molecule has 0 spiro atoms. The van der Waals surface area contributed by atoms with Crippen LogP contribution in [0.3, 0.4) is 0 Å². The first-order chi connectivity index (χ1) is 13.1. The van der Waals surface area contributed by atoms with Crippen LogP contribution < -0.4 is 0 Å². The number of hydrogen-bond donors (Lipinski definition) is 3. The summed E-state index contributed by atoms with van der Waals surface area (Å²) in [5, 5.41) is 29.0. The number of aliphatic hydroxyl groups is 1. The van der Waals surface area contributed by atoms with Crippen LogP contribution in [0.5, 0.6) is 0 Å². The smallest absolute Gasteiger partial charge is 0.360 e. The van der Waals surface area contributed by atoms with Gasteiger partial charge in [-0.3, -0.25) is 4.79 Å². The van der Waals surface area contributed by atoms with Crippen LogP contribution in [0.2, 0.25) is 0 Å². The number of carbonyl (C=O) groups is 4. The number of rotatable bonds is 7. The van der Waals surface area contributed by atoms with Gasteiger partial charge in [-0.1, -0.05) is 42.5 Å². The fourth-order valence-electron chi connectivity index (χ4n) is 2.69. The first-order valence-electron chi connectivity index (χ1n) is 8.16. The number of carbonyl (C=O) groups excluding carboxylic acids is 2. The molecule has 0 fully saturated rings. The van der Waals surface area contributed by atoms with Gasteiger partial charge in [-0.2, -0.15) is 0 Å². The SMILES string of the molecule is Cc1ccccc1C(=O)O[C@](C(=O)O)(C(=O)c1ccccc1C)C(O)C(=O)O. The van der Waals surface area contributed by atoms with Crippen molar-refractivity contribution >= 4 is 23.7 Å². The van der Waals surface area contributed by atoms with Crippen molar-refractivity contribution in [1.29, 1.82) is 0 Å². The zero-order chi connectivity index (χ0) is 21.1. The van der Waals surface area contributed by atoms with Crippen LogP contribution in [-0.2, 0) is 14.3 Å². The van der Waals surface area contributed by atoms with Gasteiger partial charge in [0, 0.05) is 5.56 Å². The Morgan fingerprint density at radius 2 is 1.32 bits per heavy atom. The average molecular weight is 386 g/mol. The Balaban J connectivity index is 2.65. The first-order valence-corrected chi connectivity index (χ1v) is 8.16. The molecule has 0 aliphatic rings. The predicted molar refractivity (Wildman–Crippen MR) is 96.1 cm³/mol. The van der Waals surface area contributed by atoms with Gasteiger partial charge < -0.3 is 20.1 Å². The molecule has 2 atom stereocenters. The second kappa shape index (κ2) is 8.01. The highest BCUT2D eigenvalue weighted by Gasteiger charge is 2.60. The lowest BCUT2D eigenvalue weighted by molar-refractivity contribution is -0.176. The summed E-state index contributed by atoms with van der Waals surface area (Å²) >= 11 is 0. The molecule has 0 saturated carbocycles. The molecule has 2 rings (SSSR count). The van der Waals surface area contributed by atoms with Crippen LogP contribution >= 0.6 is 0 Å². The second-order valence-electron chi connectivity index (χ2n) is 6.13. The fourth-order valence-corrected chi connectivity index (χ4v) is 2.69. The first kappa shape index (κ1) is 20.8. The van der Waals surface area contributed by atoms with Crippen molar-refractivity contribution in [2.45, 2.75) is 25.6 Å². The standard InChI is InChI=1S/C20H18O8/c1-11-7-3-5-9-13(11)15(21)20(19(26)27,16(22)17(23)24)28-18(25)14-10-6-4-8-12(14)2/h3-10,16,22H,1-2H3,(H,23,24)(H,26,27)/t16?,20-/m1/s1. The Hall–Kier alpha value is -3.52. The van der Waals surface area contributed by atoms with Gasteiger partial charge in [0.1, 0.15) is 0 Å². The number of ether oxygens (including phenoxy) is 1. The minimum atomic E-state index is -3.36. The Morgan fingerprint density at radius 3 is 1.75 bits per heavy atom. The van der Waals surface area contributed by atoms with Crippen LogP contribution in [0.25, 0.3) is 0 Å². The molecule has 2 aromatic rings. The van der Waals surface area contributed by atoms with E-state index >= 15 is 0 Å². The summed E-state index contributed by atoms with van der Waals surface area (Å²) in [7, 11) is 0. The van der Waals surface area contributed by atoms with Crippen LogP contribution in [0.15, 0.2) is 48.5 Å². The molecule has 0 heterocycles. The highest BCUT2D eigenvalue weighted by Crippen LogP contribution is 2.27. The van der Waals surface area contributed by atoms with E-state index in [1.165, 1.54) is 37.3 Å². The number of carboxylic acid groups (broad SMARTS) is 2. The van der Waals surface area contributed by atoms with Crippen LogP contribution in [-0.4, -0.2) is 50.7 Å². The van der Waals surface area contributed by atoms with E-state index in [1.54, 1.807) is 25.1 Å². The van der Waals surface area contributed by atoms with E-state index in [9.17, 15) is 34.5 Å². The fraction of sp³-hybridized carbons (Fsp3) is 0.200. The zero-order valence-electron chi connectivity index (χ0n) is 15.1. The molecular weight excluding hydrogens is 368 g/mol. The summed E-state index contributed by atoms with van der Waals surface area (Å²) in [5.74, 6) is -6.72. The summed E-state index contributed by atoms with van der Waals surface area (Å²) in [6.45, 7) is 3.05. The normalized spacial score (nSPS) is 13.8. The monoisotopic (exact) mass is 386 g/mol. The zero-order valence-corrected chi connectivity index (χ0v) is 15.1. The van der Waals surface area contributed by atoms with Crippen molar-refractivity contribution in [2.24, 2.45) is 0 Å². The average Bonchev–Trinajstić information content (AvgIpc) is 2.65. The molecule has 3 N–H and O–H groups in total. The molecule has 0 aromatic heterocycles. The van der Waals surface area contributed by atoms with Crippen LogP contribution in [0, 0.1) is 13.8 Å². The molecule has 2 aromatic carbocycles. The highest BCUT2D eigenvalue weighted by atomic mass is 16.6. The summed E-state index contributed by atoms with van der Waals surface area (Å²) in [4.78, 5) is 49.1. The molecule has 0 aliphatic heterocycles. The van der Waals surface area contributed by atoms with Crippen LogP contribution in [0.1, 0.15) is 31.8 Å². The lowest BCUT2D eigenvalue weighted by Crippen LogP contribution is -2.61. The maximum atomic E-state index is 13.0. The van der Waals surface area contributed by atoms with E-state index in [1.807, 2.05) is 0 Å². The largest absolute Gasteiger partial charge is 0.479 e. The van der Waals surface area contributed by atoms with Gasteiger partial charge in [0.2, 0.25) is 11.9 Å². The molecule has 0 saturated heterocycles. The van der Waals surface area contributed by atoms with Gasteiger partial charge in [0.25, 0.3) is 0 Å². The number of hydrogen-bond acceptors (Lipinski definition) is 6. The molecule has 8 nitrogen and oxygen atoms in total. The van der Waals surface area contributed by atoms with Crippen molar-refractivity contribution in [3.63, 3.8) is 0 Å². The molecule has 0 amide bonds. The summed E-state index contributed by atoms with van der Waals surface area (Å²) < 4.78 is 4.94. The van der Waals surface area contributed by atoms with Crippen LogP contribution in [0.4, 0.5) is 0 Å². The number of aryl methyl sites for hydroxylation is 2. The third kappa shape index (κ3) is 3.63. The minimum Gasteiger partial charge on any atom is -0.479 e. The van der Waals surface area contributed by atoms with Gasteiger partial charge in [0.05, 0.1) is 5.56 Å². The maximum absolute atomic E-state index is 13.0. The molecular formula is C20H18O8. The van der Waals surface area contributed by atoms with E-state index in [4.69, 9.17) is 4.74 Å². The van der Waals surface area contributed by atoms with Gasteiger partial charge in [-0.25, -0.2) is 14.4 Å². The Labute approximate surface area is 160 Å². The molecule has 0 aliphatic carbocycles. The maximum Gasteiger partial charge on any atom is 0.360 e. The topological polar surface area (TPSA) is 138 Å². The van der Waals surface area contributed by atoms with Gasteiger partial charge >= 0.3 is 23.5 Å². The van der Waals surface area contributed by atoms with Crippen molar-refractivity contribution < 1.29 is 39.2 Å². The molecule has 8 heteroatoms. The number of aliphatic carboxylic acids is 2. The van der Waals surface area contributed by atoms with E-state index in [0.29, 0.717) is 11.1 Å². The van der Waals surface area contributed by atoms with Crippen molar-refractivity contribution in [2.75, 3.05) is 0 Å². The number of esters is 1. The number of Topliss-reactive ketones (excluding diaryl/α,β-unsaturated/α-hetero) is 1. The van der Waals surface area contributed by atoms with E-state index in [0.717, 1.165) is 0 Å². The lowest BCUT2D eigenvalue weighted by atomic mass is 9.85. The number of aliphatic hydroxyl groups excluding tert-OH is 1. The predicted octanol–water partition coefficient (Wildman–Crippen LogP) is 1.61. The van der Waals surface area contributed by atoms with E-state index in [2.05, 4.69) is 0 Å². The van der Waals surface area contributed by atoms with Gasteiger partial charge in [-0.05, 0) is 31.0 Å². The van der Waals surface area contributed by atoms with Gasteiger partial charge in [-0.15, -0.1) is 0 Å². The number of carboxylic acids is 2. The van der Waals surface area contributed by atoms with Crippen molar-refractivity contribution in [3.05, 3.63) is 70.8 Å². The molecule has 146 valence electrons. The summed E-state index contributed by atoms with van der Waals surface area (Å²) in [6.07, 6.45) is -2.83. The van der Waals surface area contributed by atoms with Crippen molar-refractivity contribution in [1.82, 2.24) is 0 Å². The number of ketones is 1. The Bertz CT molecular complexity index is 949. The molecule has 0 bridgehead atoms. The quantitative estimate of drug-likeness (QED) is 0.371. The van der Waals surface area contributed by atoms with Crippen molar-refractivity contribution in [3.8, 4) is 0 Å². The molecule has 1 unspecified atom stereocenters. The minimum absolute atomic E-state index is 0.0664. The highest BCUT2D eigenvalue weighted by molar-refractivity contribution is 6.19.